The average molecular weight is 331 g/mol. The number of amides is 1. The quantitative estimate of drug-likeness (QED) is 0.877. The highest BCUT2D eigenvalue weighted by Gasteiger charge is 2.20. The first kappa shape index (κ1) is 17.2. The molecular formula is C18H21NO3S. The molecule has 1 aromatic heterocycles. The van der Waals surface area contributed by atoms with Crippen molar-refractivity contribution in [3.63, 3.8) is 0 Å². The van der Waals surface area contributed by atoms with E-state index in [-0.39, 0.29) is 23.9 Å². The van der Waals surface area contributed by atoms with Crippen molar-refractivity contribution >= 4 is 23.2 Å². The molecule has 0 radical (unpaired) electrons. The van der Waals surface area contributed by atoms with E-state index >= 15 is 0 Å². The maximum atomic E-state index is 12.7. The molecule has 0 atom stereocenters. The summed E-state index contributed by atoms with van der Waals surface area (Å²) in [5.74, 6) is -1.06. The van der Waals surface area contributed by atoms with Gasteiger partial charge in [0.05, 0.1) is 18.5 Å². The topological polar surface area (TPSA) is 57.6 Å². The Hall–Kier alpha value is -2.14. The third-order valence-corrected chi connectivity index (χ3v) is 4.64. The molecule has 0 aliphatic heterocycles. The molecule has 1 aromatic carbocycles. The number of carboxylic acid groups (broad SMARTS) is 1. The molecule has 0 aliphatic rings. The van der Waals surface area contributed by atoms with Crippen LogP contribution in [0.25, 0.3) is 0 Å². The summed E-state index contributed by atoms with van der Waals surface area (Å²) in [6.45, 7) is 6.55. The number of thiophene rings is 1. The van der Waals surface area contributed by atoms with Gasteiger partial charge in [0.15, 0.2) is 0 Å². The average Bonchev–Trinajstić information content (AvgIpc) is 2.90. The molecule has 1 heterocycles. The number of carbonyl (C=O) groups excluding carboxylic acids is 1. The van der Waals surface area contributed by atoms with Crippen molar-refractivity contribution in [2.24, 2.45) is 0 Å². The van der Waals surface area contributed by atoms with Crippen molar-refractivity contribution < 1.29 is 14.7 Å². The summed E-state index contributed by atoms with van der Waals surface area (Å²) in [5, 5.41) is 9.24. The van der Waals surface area contributed by atoms with Crippen molar-refractivity contribution in [1.29, 1.82) is 0 Å². The molecule has 1 N–H and O–H groups in total. The molecule has 0 aliphatic carbocycles. The third kappa shape index (κ3) is 4.42. The smallest absolute Gasteiger partial charge is 0.335 e. The SMILES string of the molecule is Cc1ccc(CN(C(=O)Cc2ccccc2C(=O)O)C(C)C)s1. The Kier molecular flexibility index (Phi) is 5.55. The second kappa shape index (κ2) is 7.42. The van der Waals surface area contributed by atoms with Crippen molar-refractivity contribution in [2.75, 3.05) is 0 Å². The Balaban J connectivity index is 2.17. The van der Waals surface area contributed by atoms with Gasteiger partial charge in [-0.1, -0.05) is 18.2 Å². The van der Waals surface area contributed by atoms with Crippen LogP contribution in [-0.4, -0.2) is 27.9 Å². The summed E-state index contributed by atoms with van der Waals surface area (Å²) in [5.41, 5.74) is 0.745. The monoisotopic (exact) mass is 331 g/mol. The number of benzene rings is 1. The Labute approximate surface area is 140 Å². The van der Waals surface area contributed by atoms with Gasteiger partial charge in [-0.25, -0.2) is 4.79 Å². The molecule has 1 amide bonds. The molecule has 0 fully saturated rings. The predicted molar refractivity (Wildman–Crippen MR) is 91.8 cm³/mol. The first-order chi connectivity index (χ1) is 10.9. The molecule has 4 nitrogen and oxygen atoms in total. The molecule has 0 bridgehead atoms. The van der Waals surface area contributed by atoms with Gasteiger partial charge in [0.1, 0.15) is 0 Å². The number of rotatable bonds is 6. The predicted octanol–water partition coefficient (Wildman–Crippen LogP) is 3.73. The lowest BCUT2D eigenvalue weighted by atomic mass is 10.0. The van der Waals surface area contributed by atoms with Crippen LogP contribution >= 0.6 is 11.3 Å². The first-order valence-corrected chi connectivity index (χ1v) is 8.36. The van der Waals surface area contributed by atoms with E-state index in [1.165, 1.54) is 10.9 Å². The van der Waals surface area contributed by atoms with Crippen LogP contribution in [0.3, 0.4) is 0 Å². The van der Waals surface area contributed by atoms with Crippen molar-refractivity contribution in [1.82, 2.24) is 4.90 Å². The molecule has 0 saturated carbocycles. The van der Waals surface area contributed by atoms with E-state index in [4.69, 9.17) is 0 Å². The third-order valence-electron chi connectivity index (χ3n) is 3.66. The molecule has 0 unspecified atom stereocenters. The molecule has 5 heteroatoms. The zero-order valence-corrected chi connectivity index (χ0v) is 14.4. The first-order valence-electron chi connectivity index (χ1n) is 7.54. The second-order valence-electron chi connectivity index (χ2n) is 5.77. The number of carboxylic acids is 1. The number of nitrogens with zero attached hydrogens (tertiary/aromatic N) is 1. The summed E-state index contributed by atoms with van der Waals surface area (Å²) in [4.78, 5) is 28.1. The molecular weight excluding hydrogens is 310 g/mol. The van der Waals surface area contributed by atoms with Crippen molar-refractivity contribution in [3.8, 4) is 0 Å². The number of carbonyl (C=O) groups is 2. The lowest BCUT2D eigenvalue weighted by Gasteiger charge is -2.26. The molecule has 2 aromatic rings. The Bertz CT molecular complexity index is 706. The minimum atomic E-state index is -1.00. The van der Waals surface area contributed by atoms with Crippen LogP contribution in [0.5, 0.6) is 0 Å². The normalized spacial score (nSPS) is 10.8. The lowest BCUT2D eigenvalue weighted by molar-refractivity contribution is -0.132. The van der Waals surface area contributed by atoms with Crippen molar-refractivity contribution in [2.45, 2.75) is 39.8 Å². The van der Waals surface area contributed by atoms with Gasteiger partial charge in [0.2, 0.25) is 5.91 Å². The maximum Gasteiger partial charge on any atom is 0.335 e. The number of hydrogen-bond acceptors (Lipinski definition) is 3. The number of aromatic carboxylic acids is 1. The van der Waals surface area contributed by atoms with E-state index in [0.717, 1.165) is 4.88 Å². The van der Waals surface area contributed by atoms with Gasteiger partial charge in [-0.2, -0.15) is 0 Å². The van der Waals surface area contributed by atoms with Crippen LogP contribution in [0.2, 0.25) is 0 Å². The van der Waals surface area contributed by atoms with Gasteiger partial charge in [-0.3, -0.25) is 4.79 Å². The standard InChI is InChI=1S/C18H21NO3S/c1-12(2)19(11-15-9-8-13(3)23-15)17(20)10-14-6-4-5-7-16(14)18(21)22/h4-9,12H,10-11H2,1-3H3,(H,21,22). The van der Waals surface area contributed by atoms with Crippen LogP contribution in [-0.2, 0) is 17.8 Å². The zero-order valence-electron chi connectivity index (χ0n) is 13.6. The van der Waals surface area contributed by atoms with Crippen molar-refractivity contribution in [3.05, 3.63) is 57.3 Å². The van der Waals surface area contributed by atoms with Crippen LogP contribution in [0.15, 0.2) is 36.4 Å². The summed E-state index contributed by atoms with van der Waals surface area (Å²) in [7, 11) is 0. The fraction of sp³-hybridized carbons (Fsp3) is 0.333. The van der Waals surface area contributed by atoms with E-state index < -0.39 is 5.97 Å². The van der Waals surface area contributed by atoms with E-state index in [9.17, 15) is 14.7 Å². The summed E-state index contributed by atoms with van der Waals surface area (Å²) < 4.78 is 0. The van der Waals surface area contributed by atoms with E-state index in [1.807, 2.05) is 32.9 Å². The van der Waals surface area contributed by atoms with Gasteiger partial charge in [0.25, 0.3) is 0 Å². The lowest BCUT2D eigenvalue weighted by Crippen LogP contribution is -2.37. The minimum absolute atomic E-state index is 0.0558. The Morgan fingerprint density at radius 1 is 1.17 bits per heavy atom. The minimum Gasteiger partial charge on any atom is -0.478 e. The van der Waals surface area contributed by atoms with Gasteiger partial charge in [-0.15, -0.1) is 11.3 Å². The fourth-order valence-corrected chi connectivity index (χ4v) is 3.33. The van der Waals surface area contributed by atoms with E-state index in [1.54, 1.807) is 34.4 Å². The maximum absolute atomic E-state index is 12.7. The Morgan fingerprint density at radius 3 is 2.43 bits per heavy atom. The molecule has 2 rings (SSSR count). The number of hydrogen-bond donors (Lipinski definition) is 1. The van der Waals surface area contributed by atoms with Gasteiger partial charge in [-0.05, 0) is 44.5 Å². The van der Waals surface area contributed by atoms with Gasteiger partial charge < -0.3 is 10.0 Å². The molecule has 0 spiro atoms. The fourth-order valence-electron chi connectivity index (χ4n) is 2.44. The largest absolute Gasteiger partial charge is 0.478 e. The second-order valence-corrected chi connectivity index (χ2v) is 7.14. The Morgan fingerprint density at radius 2 is 1.87 bits per heavy atom. The highest BCUT2D eigenvalue weighted by molar-refractivity contribution is 7.11. The van der Waals surface area contributed by atoms with E-state index in [2.05, 4.69) is 0 Å². The zero-order chi connectivity index (χ0) is 17.0. The van der Waals surface area contributed by atoms with Crippen LogP contribution in [0, 0.1) is 6.92 Å². The molecule has 23 heavy (non-hydrogen) atoms. The summed E-state index contributed by atoms with van der Waals surface area (Å²) in [6, 6.07) is 10.8. The summed E-state index contributed by atoms with van der Waals surface area (Å²) in [6.07, 6.45) is 0.102. The molecule has 0 saturated heterocycles. The van der Waals surface area contributed by atoms with Crippen LogP contribution in [0.4, 0.5) is 0 Å². The summed E-state index contributed by atoms with van der Waals surface area (Å²) >= 11 is 1.68. The number of aryl methyl sites for hydroxylation is 1. The van der Waals surface area contributed by atoms with Crippen LogP contribution in [0.1, 0.15) is 39.5 Å². The highest BCUT2D eigenvalue weighted by atomic mass is 32.1. The highest BCUT2D eigenvalue weighted by Crippen LogP contribution is 2.20. The van der Waals surface area contributed by atoms with E-state index in [0.29, 0.717) is 12.1 Å². The van der Waals surface area contributed by atoms with Gasteiger partial charge in [0, 0.05) is 15.8 Å². The molecule has 122 valence electrons. The van der Waals surface area contributed by atoms with Crippen LogP contribution < -0.4 is 0 Å². The van der Waals surface area contributed by atoms with Gasteiger partial charge >= 0.3 is 5.97 Å².